The van der Waals surface area contributed by atoms with Crippen LogP contribution >= 0.6 is 7.82 Å². The van der Waals surface area contributed by atoms with Crippen LogP contribution in [0.5, 0.6) is 0 Å². The molecule has 0 spiro atoms. The van der Waals surface area contributed by atoms with E-state index in [1.807, 2.05) is 0 Å². The molecule has 1 amide bonds. The maximum absolute atomic E-state index is 12.9. The first kappa shape index (κ1) is 69.3. The summed E-state index contributed by atoms with van der Waals surface area (Å²) in [7, 11) is -4.80. The summed E-state index contributed by atoms with van der Waals surface area (Å²) in [5.74, 6) is -6.85. The van der Waals surface area contributed by atoms with Gasteiger partial charge in [0.2, 0.25) is 5.91 Å². The second-order valence-electron chi connectivity index (χ2n) is 19.0. The molecule has 0 saturated heterocycles. The number of aliphatic carboxylic acids is 4. The van der Waals surface area contributed by atoms with Gasteiger partial charge in [-0.25, -0.2) is 4.57 Å². The Labute approximate surface area is 435 Å². The van der Waals surface area contributed by atoms with Crippen molar-refractivity contribution in [3.8, 4) is 0 Å². The average molecular weight is 1070 g/mol. The minimum absolute atomic E-state index is 0.0754. The molecule has 0 fully saturated rings. The highest BCUT2D eigenvalue weighted by Gasteiger charge is 2.27. The Morgan fingerprint density at radius 3 is 1.19 bits per heavy atom. The normalized spacial score (nSPS) is 12.7. The lowest BCUT2D eigenvalue weighted by Gasteiger charge is -2.27. The van der Waals surface area contributed by atoms with Gasteiger partial charge >= 0.3 is 43.6 Å². The standard InChI is InChI=1S/C51H95N4O17P/c1-3-5-7-9-11-13-15-17-19-21-23-25-27-29-50(65)69-42-44(72-51(66)30-28-26-24-22-20-18-16-14-12-10-8-6-4-2)43-71-73(67,68)70-36-31-52-45(56)37-54(39-47(59)60)34-32-53(38-46(57)58)33-35-55(40-48(61)62)41-49(63)64/h44H,3-43H2,1-2H3,(H,52,56)(H,57,58)(H,59,60)(H,61,62)(H,63,64)(H,67,68). The van der Waals surface area contributed by atoms with Gasteiger partial charge in [-0.2, -0.15) is 0 Å². The molecular weight excluding hydrogens is 972 g/mol. The van der Waals surface area contributed by atoms with Crippen molar-refractivity contribution in [1.82, 2.24) is 20.0 Å². The maximum atomic E-state index is 12.9. The number of nitrogens with zero attached hydrogens (tertiary/aromatic N) is 3. The third-order valence-electron chi connectivity index (χ3n) is 12.1. The Morgan fingerprint density at radius 2 is 0.795 bits per heavy atom. The molecule has 22 heteroatoms. The van der Waals surface area contributed by atoms with Crippen LogP contribution in [-0.2, 0) is 56.6 Å². The molecule has 0 aromatic heterocycles. The fourth-order valence-electron chi connectivity index (χ4n) is 8.05. The second kappa shape index (κ2) is 46.8. The number of carbonyl (C=O) groups is 7. The predicted molar refractivity (Wildman–Crippen MR) is 276 cm³/mol. The molecule has 0 bridgehead atoms. The molecule has 0 aliphatic rings. The summed E-state index contributed by atoms with van der Waals surface area (Å²) in [5.41, 5.74) is 0. The largest absolute Gasteiger partial charge is 0.480 e. The van der Waals surface area contributed by atoms with Gasteiger partial charge in [-0.3, -0.25) is 57.3 Å². The van der Waals surface area contributed by atoms with Gasteiger partial charge in [0.05, 0.1) is 45.9 Å². The Balaban J connectivity index is 5.09. The number of carbonyl (C=O) groups excluding carboxylic acids is 3. The summed E-state index contributed by atoms with van der Waals surface area (Å²) in [5, 5.41) is 39.4. The lowest BCUT2D eigenvalue weighted by atomic mass is 10.0. The van der Waals surface area contributed by atoms with E-state index < -0.39 is 108 Å². The van der Waals surface area contributed by atoms with E-state index in [9.17, 15) is 53.2 Å². The smallest absolute Gasteiger partial charge is 0.472 e. The molecule has 0 aliphatic heterocycles. The zero-order valence-electron chi connectivity index (χ0n) is 44.5. The van der Waals surface area contributed by atoms with Crippen LogP contribution in [0.4, 0.5) is 0 Å². The van der Waals surface area contributed by atoms with Gasteiger partial charge in [-0.05, 0) is 12.8 Å². The molecule has 21 nitrogen and oxygen atoms in total. The number of ether oxygens (including phenoxy) is 2. The summed E-state index contributed by atoms with van der Waals surface area (Å²) in [6, 6.07) is 0. The number of phosphoric acid groups is 1. The zero-order chi connectivity index (χ0) is 54.4. The Hall–Kier alpha value is -3.72. The van der Waals surface area contributed by atoms with Crippen molar-refractivity contribution < 1.29 is 82.0 Å². The van der Waals surface area contributed by atoms with Crippen molar-refractivity contribution in [2.75, 3.05) is 85.3 Å². The predicted octanol–water partition coefficient (Wildman–Crippen LogP) is 7.90. The van der Waals surface area contributed by atoms with Gasteiger partial charge in [0.1, 0.15) is 6.61 Å². The fraction of sp³-hybridized carbons (Fsp3) is 0.863. The lowest BCUT2D eigenvalue weighted by Crippen LogP contribution is -2.46. The van der Waals surface area contributed by atoms with E-state index in [1.54, 1.807) is 0 Å². The molecule has 0 aromatic rings. The van der Waals surface area contributed by atoms with E-state index in [1.165, 1.54) is 119 Å². The summed E-state index contributed by atoms with van der Waals surface area (Å²) >= 11 is 0. The molecule has 0 radical (unpaired) electrons. The molecule has 0 aromatic carbocycles. The number of esters is 2. The van der Waals surface area contributed by atoms with Crippen LogP contribution in [0.3, 0.4) is 0 Å². The zero-order valence-corrected chi connectivity index (χ0v) is 45.4. The molecule has 6 N–H and O–H groups in total. The summed E-state index contributed by atoms with van der Waals surface area (Å²) in [6.45, 7) is -0.657. The van der Waals surface area contributed by atoms with E-state index >= 15 is 0 Å². The minimum atomic E-state index is -4.80. The molecule has 0 heterocycles. The number of unbranched alkanes of at least 4 members (excludes halogenated alkanes) is 24. The van der Waals surface area contributed by atoms with Crippen LogP contribution in [0.2, 0.25) is 0 Å². The van der Waals surface area contributed by atoms with Crippen molar-refractivity contribution in [2.45, 2.75) is 200 Å². The van der Waals surface area contributed by atoms with Crippen LogP contribution in [0.25, 0.3) is 0 Å². The second-order valence-corrected chi connectivity index (χ2v) is 20.5. The van der Waals surface area contributed by atoms with E-state index in [4.69, 9.17) is 28.7 Å². The van der Waals surface area contributed by atoms with Gasteiger partial charge in [0.15, 0.2) is 6.10 Å². The molecule has 0 aliphatic carbocycles. The number of hydrogen-bond donors (Lipinski definition) is 6. The quantitative estimate of drug-likeness (QED) is 0.0192. The van der Waals surface area contributed by atoms with Crippen LogP contribution in [-0.4, -0.2) is 173 Å². The number of carboxylic acids is 4. The van der Waals surface area contributed by atoms with E-state index in [2.05, 4.69) is 19.2 Å². The topological polar surface area (TPSA) is 296 Å². The van der Waals surface area contributed by atoms with Gasteiger partial charge in [-0.15, -0.1) is 0 Å². The van der Waals surface area contributed by atoms with Gasteiger partial charge in [0.25, 0.3) is 0 Å². The summed E-state index contributed by atoms with van der Waals surface area (Å²) in [4.78, 5) is 97.7. The maximum Gasteiger partial charge on any atom is 0.472 e. The molecule has 0 rings (SSSR count). The molecule has 2 unspecified atom stereocenters. The van der Waals surface area contributed by atoms with Crippen molar-refractivity contribution in [1.29, 1.82) is 0 Å². The van der Waals surface area contributed by atoms with Crippen molar-refractivity contribution in [3.05, 3.63) is 0 Å². The van der Waals surface area contributed by atoms with Crippen LogP contribution in [0.15, 0.2) is 0 Å². The van der Waals surface area contributed by atoms with Gasteiger partial charge in [-0.1, -0.05) is 168 Å². The minimum Gasteiger partial charge on any atom is -0.480 e. The number of carboxylic acid groups (broad SMARTS) is 4. The van der Waals surface area contributed by atoms with Crippen LogP contribution in [0.1, 0.15) is 194 Å². The molecule has 73 heavy (non-hydrogen) atoms. The number of amides is 1. The molecule has 0 saturated carbocycles. The highest BCUT2D eigenvalue weighted by atomic mass is 31.2. The summed E-state index contributed by atoms with van der Waals surface area (Å²) < 4.78 is 33.9. The molecular formula is C51H95N4O17P. The number of nitrogens with one attached hydrogen (secondary N) is 1. The first-order valence-corrected chi connectivity index (χ1v) is 28.7. The Bertz CT molecular complexity index is 1530. The fourth-order valence-corrected chi connectivity index (χ4v) is 8.80. The number of phosphoric ester groups is 1. The van der Waals surface area contributed by atoms with Crippen molar-refractivity contribution in [3.63, 3.8) is 0 Å². The van der Waals surface area contributed by atoms with Crippen LogP contribution < -0.4 is 5.32 Å². The molecule has 2 atom stereocenters. The SMILES string of the molecule is CCCCCCCCCCCCCCCC(=O)OCC(COP(=O)(O)OCCNC(=O)CN(CCN(CCN(CC(=O)O)CC(=O)O)CC(=O)O)CC(=O)O)OC(=O)CCCCCCCCCCCCCCC. The van der Waals surface area contributed by atoms with E-state index in [0.29, 0.717) is 12.8 Å². The van der Waals surface area contributed by atoms with Gasteiger partial charge in [0, 0.05) is 45.6 Å². The Morgan fingerprint density at radius 1 is 0.452 bits per heavy atom. The van der Waals surface area contributed by atoms with Gasteiger partial charge < -0.3 is 40.1 Å². The van der Waals surface area contributed by atoms with Crippen molar-refractivity contribution in [2.24, 2.45) is 0 Å². The number of rotatable bonds is 54. The average Bonchev–Trinajstić information content (AvgIpc) is 3.31. The highest BCUT2D eigenvalue weighted by Crippen LogP contribution is 2.43. The first-order chi connectivity index (χ1) is 35.0. The Kier molecular flexibility index (Phi) is 44.4. The van der Waals surface area contributed by atoms with Crippen LogP contribution in [0, 0.1) is 0 Å². The van der Waals surface area contributed by atoms with Crippen molar-refractivity contribution >= 4 is 49.5 Å². The number of hydrogen-bond acceptors (Lipinski definition) is 15. The highest BCUT2D eigenvalue weighted by molar-refractivity contribution is 7.47. The van der Waals surface area contributed by atoms with E-state index in [0.717, 1.165) is 49.8 Å². The van der Waals surface area contributed by atoms with E-state index in [-0.39, 0.29) is 45.6 Å². The third-order valence-corrected chi connectivity index (χ3v) is 13.1. The monoisotopic (exact) mass is 1070 g/mol. The lowest BCUT2D eigenvalue weighted by molar-refractivity contribution is -0.161. The summed E-state index contributed by atoms with van der Waals surface area (Å²) in [6.07, 6.45) is 29.0. The first-order valence-electron chi connectivity index (χ1n) is 27.2. The molecule has 426 valence electrons. The third kappa shape index (κ3) is 47.7.